The van der Waals surface area contributed by atoms with Gasteiger partial charge in [0.15, 0.2) is 0 Å². The van der Waals surface area contributed by atoms with Gasteiger partial charge in [0, 0.05) is 5.71 Å². The van der Waals surface area contributed by atoms with Gasteiger partial charge in [-0.15, -0.1) is 0 Å². The molecule has 0 aromatic heterocycles. The maximum absolute atomic E-state index is 6.18. The van der Waals surface area contributed by atoms with Crippen molar-refractivity contribution in [1.82, 2.24) is 0 Å². The molecule has 0 N–H and O–H groups in total. The second kappa shape index (κ2) is 4.33. The lowest BCUT2D eigenvalue weighted by atomic mass is 9.68. The summed E-state index contributed by atoms with van der Waals surface area (Å²) in [6, 6.07) is 0. The van der Waals surface area contributed by atoms with E-state index in [-0.39, 0.29) is 23.9 Å². The van der Waals surface area contributed by atoms with Crippen molar-refractivity contribution in [2.75, 3.05) is 0 Å². The first-order valence-corrected chi connectivity index (χ1v) is 8.06. The summed E-state index contributed by atoms with van der Waals surface area (Å²) in [5.74, 6) is 1.23. The van der Waals surface area contributed by atoms with Crippen LogP contribution in [-0.2, 0) is 9.31 Å². The summed E-state index contributed by atoms with van der Waals surface area (Å²) in [5, 5.41) is 0. The van der Waals surface area contributed by atoms with Gasteiger partial charge in [0.1, 0.15) is 0 Å². The minimum absolute atomic E-state index is 0.0610. The molecule has 0 aromatic rings. The molecule has 0 amide bonds. The highest BCUT2D eigenvalue weighted by Gasteiger charge is 2.53. The van der Waals surface area contributed by atoms with E-state index < -0.39 is 0 Å². The van der Waals surface area contributed by atoms with Crippen LogP contribution < -0.4 is 0 Å². The summed E-state index contributed by atoms with van der Waals surface area (Å²) in [6.45, 7) is 13.2. The zero-order chi connectivity index (χ0) is 14.8. The molecule has 3 heterocycles. The first kappa shape index (κ1) is 14.6. The zero-order valence-corrected chi connectivity index (χ0v) is 13.8. The molecule has 0 saturated carbocycles. The lowest BCUT2D eigenvalue weighted by molar-refractivity contribution is 0.00578. The van der Waals surface area contributed by atoms with Gasteiger partial charge >= 0.3 is 7.12 Å². The minimum atomic E-state index is -0.212. The number of hydrogen-bond donors (Lipinski definition) is 0. The van der Waals surface area contributed by atoms with Gasteiger partial charge < -0.3 is 9.31 Å². The number of hydrogen-bond acceptors (Lipinski definition) is 3. The predicted molar refractivity (Wildman–Crippen MR) is 83.2 cm³/mol. The molecule has 0 aromatic carbocycles. The van der Waals surface area contributed by atoms with Crippen LogP contribution in [0, 0.1) is 11.8 Å². The van der Waals surface area contributed by atoms with Gasteiger partial charge in [-0.2, -0.15) is 0 Å². The molecule has 3 aliphatic heterocycles. The highest BCUT2D eigenvalue weighted by molar-refractivity contribution is 6.45. The third-order valence-corrected chi connectivity index (χ3v) is 6.07. The Balaban J connectivity index is 1.70. The Morgan fingerprint density at radius 3 is 2.35 bits per heavy atom. The van der Waals surface area contributed by atoms with E-state index >= 15 is 0 Å². The smallest absolute Gasteiger partial charge is 0.403 e. The average molecular weight is 277 g/mol. The largest absolute Gasteiger partial charge is 0.458 e. The van der Waals surface area contributed by atoms with Gasteiger partial charge in [-0.1, -0.05) is 6.92 Å². The van der Waals surface area contributed by atoms with Gasteiger partial charge in [0.25, 0.3) is 0 Å². The molecule has 1 saturated heterocycles. The third-order valence-electron chi connectivity index (χ3n) is 6.07. The molecule has 2 bridgehead atoms. The number of fused-ring (bicyclic) bond motifs is 1. The lowest BCUT2D eigenvalue weighted by Crippen LogP contribution is -2.41. The first-order valence-electron chi connectivity index (χ1n) is 8.06. The van der Waals surface area contributed by atoms with Crippen LogP contribution in [0.25, 0.3) is 0 Å². The molecule has 3 rings (SSSR count). The molecule has 2 unspecified atom stereocenters. The van der Waals surface area contributed by atoms with Crippen LogP contribution in [0.2, 0.25) is 6.32 Å². The Labute approximate surface area is 123 Å². The van der Waals surface area contributed by atoms with Crippen LogP contribution in [0.5, 0.6) is 0 Å². The van der Waals surface area contributed by atoms with Crippen LogP contribution in [-0.4, -0.2) is 29.6 Å². The third kappa shape index (κ3) is 2.25. The highest BCUT2D eigenvalue weighted by Crippen LogP contribution is 2.46. The van der Waals surface area contributed by atoms with Crippen LogP contribution in [0.15, 0.2) is 4.99 Å². The predicted octanol–water partition coefficient (Wildman–Crippen LogP) is 3.73. The summed E-state index contributed by atoms with van der Waals surface area (Å²) >= 11 is 0. The fourth-order valence-corrected chi connectivity index (χ4v) is 3.94. The van der Waals surface area contributed by atoms with Gasteiger partial charge in [0.05, 0.1) is 16.7 Å². The monoisotopic (exact) mass is 277 g/mol. The van der Waals surface area contributed by atoms with Crippen molar-refractivity contribution in [2.45, 2.75) is 83.9 Å². The van der Waals surface area contributed by atoms with Gasteiger partial charge in [0.2, 0.25) is 0 Å². The van der Waals surface area contributed by atoms with Crippen LogP contribution in [0.3, 0.4) is 0 Å². The molecule has 3 atom stereocenters. The Hall–Kier alpha value is -0.345. The van der Waals surface area contributed by atoms with Crippen molar-refractivity contribution in [3.05, 3.63) is 0 Å². The molecule has 20 heavy (non-hydrogen) atoms. The van der Waals surface area contributed by atoms with Crippen molar-refractivity contribution in [3.8, 4) is 0 Å². The van der Waals surface area contributed by atoms with Crippen LogP contribution in [0.1, 0.15) is 60.8 Å². The molecule has 3 aliphatic rings. The molecule has 4 heteroatoms. The summed E-state index contributed by atoms with van der Waals surface area (Å²) in [5.41, 5.74) is 1.20. The Kier molecular flexibility index (Phi) is 3.16. The molecule has 0 aliphatic carbocycles. The molecule has 0 radical (unpaired) electrons. The van der Waals surface area contributed by atoms with Crippen molar-refractivity contribution >= 4 is 12.8 Å². The summed E-state index contributed by atoms with van der Waals surface area (Å²) in [4.78, 5) is 4.92. The average Bonchev–Trinajstić information content (AvgIpc) is 2.72. The molecular formula is C16H28BNO2. The standard InChI is InChI=1S/C16H28BNO2/c1-11-12(9-16(6)8-7-13(11)18-16)10-17-19-14(2,3)15(4,5)20-17/h11-12H,7-10H2,1-6H3/t11?,12?,16-/m0/s1. The maximum atomic E-state index is 6.18. The SMILES string of the molecule is CC1C2=N[C@@](C)(CC2)CC1CB1OC(C)(C)C(C)(C)O1. The van der Waals surface area contributed by atoms with E-state index in [4.69, 9.17) is 14.3 Å². The van der Waals surface area contributed by atoms with E-state index in [1.54, 1.807) is 0 Å². The van der Waals surface area contributed by atoms with E-state index in [1.807, 2.05) is 0 Å². The molecule has 3 nitrogen and oxygen atoms in total. The number of aliphatic imine (C=N–C) groups is 1. The minimum Gasteiger partial charge on any atom is -0.403 e. The van der Waals surface area contributed by atoms with Crippen molar-refractivity contribution in [1.29, 1.82) is 0 Å². The second-order valence-electron chi connectivity index (χ2n) is 8.27. The van der Waals surface area contributed by atoms with Crippen molar-refractivity contribution in [3.63, 3.8) is 0 Å². The second-order valence-corrected chi connectivity index (χ2v) is 8.27. The van der Waals surface area contributed by atoms with E-state index in [9.17, 15) is 0 Å². The van der Waals surface area contributed by atoms with Crippen LogP contribution >= 0.6 is 0 Å². The summed E-state index contributed by atoms with van der Waals surface area (Å²) in [6.07, 6.45) is 4.61. The summed E-state index contributed by atoms with van der Waals surface area (Å²) < 4.78 is 12.4. The molecule has 0 spiro atoms. The number of nitrogens with zero attached hydrogens (tertiary/aromatic N) is 1. The topological polar surface area (TPSA) is 30.8 Å². The Morgan fingerprint density at radius 2 is 1.75 bits per heavy atom. The lowest BCUT2D eigenvalue weighted by Gasteiger charge is -2.34. The molecular weight excluding hydrogens is 249 g/mol. The van der Waals surface area contributed by atoms with Gasteiger partial charge in [-0.3, -0.25) is 4.99 Å². The Bertz CT molecular complexity index is 430. The normalized spacial score (nSPS) is 41.9. The summed E-state index contributed by atoms with van der Waals surface area (Å²) in [7, 11) is -0.0610. The van der Waals surface area contributed by atoms with Gasteiger partial charge in [-0.25, -0.2) is 0 Å². The van der Waals surface area contributed by atoms with E-state index in [1.165, 1.54) is 25.0 Å². The van der Waals surface area contributed by atoms with E-state index in [0.717, 1.165) is 6.32 Å². The zero-order valence-electron chi connectivity index (χ0n) is 13.8. The van der Waals surface area contributed by atoms with Crippen molar-refractivity contribution < 1.29 is 9.31 Å². The maximum Gasteiger partial charge on any atom is 0.458 e. The quantitative estimate of drug-likeness (QED) is 0.720. The Morgan fingerprint density at radius 1 is 1.15 bits per heavy atom. The number of rotatable bonds is 2. The molecule has 1 fully saturated rings. The van der Waals surface area contributed by atoms with Crippen LogP contribution in [0.4, 0.5) is 0 Å². The van der Waals surface area contributed by atoms with Gasteiger partial charge in [-0.05, 0) is 72.0 Å². The fraction of sp³-hybridized carbons (Fsp3) is 0.938. The van der Waals surface area contributed by atoms with E-state index in [0.29, 0.717) is 11.8 Å². The van der Waals surface area contributed by atoms with Crippen molar-refractivity contribution in [2.24, 2.45) is 16.8 Å². The fourth-order valence-electron chi connectivity index (χ4n) is 3.94. The highest BCUT2D eigenvalue weighted by atomic mass is 16.7. The van der Waals surface area contributed by atoms with E-state index in [2.05, 4.69) is 41.5 Å². The molecule has 112 valence electrons. The first-order chi connectivity index (χ1) is 9.12.